The smallest absolute Gasteiger partial charge is 0.247 e. The number of hydrogen-bond acceptors (Lipinski definition) is 6. The van der Waals surface area contributed by atoms with Gasteiger partial charge in [0.25, 0.3) is 0 Å². The second-order valence-corrected chi connectivity index (χ2v) is 9.18. The summed E-state index contributed by atoms with van der Waals surface area (Å²) in [5.41, 5.74) is 0.814. The molecule has 3 fully saturated rings. The number of hydrogen-bond donors (Lipinski definition) is 1. The molecule has 32 heavy (non-hydrogen) atoms. The maximum Gasteiger partial charge on any atom is 0.247 e. The van der Waals surface area contributed by atoms with Crippen molar-refractivity contribution in [3.63, 3.8) is 0 Å². The highest BCUT2D eigenvalue weighted by atomic mass is 19.1. The second kappa shape index (κ2) is 10.2. The number of carbonyl (C=O) groups excluding carboxylic acids is 2. The molecule has 2 aliphatic heterocycles. The summed E-state index contributed by atoms with van der Waals surface area (Å²) in [6, 6.07) is 4.76. The van der Waals surface area contributed by atoms with Crippen LogP contribution in [0.1, 0.15) is 39.5 Å². The summed E-state index contributed by atoms with van der Waals surface area (Å²) in [4.78, 5) is 31.2. The van der Waals surface area contributed by atoms with Crippen LogP contribution in [0.2, 0.25) is 0 Å². The average Bonchev–Trinajstić information content (AvgIpc) is 3.60. The number of halogens is 1. The molecule has 8 heteroatoms. The Bertz CT molecular complexity index is 823. The van der Waals surface area contributed by atoms with Crippen LogP contribution in [-0.2, 0) is 9.59 Å². The first kappa shape index (κ1) is 23.0. The van der Waals surface area contributed by atoms with Gasteiger partial charge in [0.1, 0.15) is 11.6 Å². The molecule has 2 unspecified atom stereocenters. The van der Waals surface area contributed by atoms with Crippen LogP contribution in [0, 0.1) is 11.7 Å². The van der Waals surface area contributed by atoms with Crippen molar-refractivity contribution in [3.8, 4) is 5.75 Å². The number of anilines is 1. The van der Waals surface area contributed by atoms with Gasteiger partial charge in [0, 0.05) is 44.8 Å². The third-order valence-electron chi connectivity index (χ3n) is 6.63. The molecule has 0 radical (unpaired) electrons. The summed E-state index contributed by atoms with van der Waals surface area (Å²) in [5, 5.41) is 3.33. The Morgan fingerprint density at radius 1 is 1.09 bits per heavy atom. The molecule has 2 heterocycles. The van der Waals surface area contributed by atoms with Crippen LogP contribution in [-0.4, -0.2) is 79.6 Å². The summed E-state index contributed by atoms with van der Waals surface area (Å²) in [7, 11) is 0. The number of piperazine rings is 1. The van der Waals surface area contributed by atoms with Crippen molar-refractivity contribution in [2.45, 2.75) is 51.6 Å². The summed E-state index contributed by atoms with van der Waals surface area (Å²) < 4.78 is 19.7. The first-order valence-electron chi connectivity index (χ1n) is 12.0. The van der Waals surface area contributed by atoms with Gasteiger partial charge in [-0.05, 0) is 44.4 Å². The number of nitrogens with zero attached hydrogens (tertiary/aromatic N) is 3. The maximum atomic E-state index is 13.9. The summed E-state index contributed by atoms with van der Waals surface area (Å²) in [6.07, 6.45) is 3.87. The third-order valence-corrected chi connectivity index (χ3v) is 6.63. The molecule has 1 saturated carbocycles. The molecule has 0 spiro atoms. The Hall–Kier alpha value is -2.19. The van der Waals surface area contributed by atoms with Crippen LogP contribution in [0.5, 0.6) is 5.75 Å². The van der Waals surface area contributed by atoms with Crippen LogP contribution in [0.3, 0.4) is 0 Å². The van der Waals surface area contributed by atoms with Crippen molar-refractivity contribution in [3.05, 3.63) is 24.0 Å². The number of nitrogens with one attached hydrogen (secondary N) is 1. The molecule has 0 aromatic heterocycles. The molecular weight excluding hydrogens is 411 g/mol. The van der Waals surface area contributed by atoms with Gasteiger partial charge in [-0.15, -0.1) is 0 Å². The molecule has 1 aromatic rings. The second-order valence-electron chi connectivity index (χ2n) is 9.18. The van der Waals surface area contributed by atoms with Gasteiger partial charge in [-0.3, -0.25) is 19.4 Å². The lowest BCUT2D eigenvalue weighted by molar-refractivity contribution is -0.139. The van der Waals surface area contributed by atoms with Crippen LogP contribution < -0.4 is 15.0 Å². The molecule has 2 saturated heterocycles. The van der Waals surface area contributed by atoms with Gasteiger partial charge in [-0.25, -0.2) is 4.39 Å². The zero-order valence-electron chi connectivity index (χ0n) is 19.2. The van der Waals surface area contributed by atoms with E-state index < -0.39 is 0 Å². The topological polar surface area (TPSA) is 65.1 Å². The highest BCUT2D eigenvalue weighted by Gasteiger charge is 2.46. The van der Waals surface area contributed by atoms with E-state index in [4.69, 9.17) is 4.74 Å². The fourth-order valence-corrected chi connectivity index (χ4v) is 4.56. The van der Waals surface area contributed by atoms with Crippen LogP contribution in [0.25, 0.3) is 0 Å². The molecule has 2 amide bonds. The van der Waals surface area contributed by atoms with Crippen molar-refractivity contribution in [2.24, 2.45) is 5.92 Å². The minimum atomic E-state index is -0.353. The van der Waals surface area contributed by atoms with Gasteiger partial charge in [0.2, 0.25) is 11.8 Å². The van der Waals surface area contributed by atoms with Gasteiger partial charge < -0.3 is 15.0 Å². The third kappa shape index (κ3) is 5.23. The van der Waals surface area contributed by atoms with Crippen LogP contribution >= 0.6 is 0 Å². The minimum absolute atomic E-state index is 0.0521. The summed E-state index contributed by atoms with van der Waals surface area (Å²) in [5.74, 6) is 0.0850. The SMILES string of the molecule is CCCOc1ccc(F)cc1N1CCN(CCCN2C(=O)C(C)C(NC3CC3)C2=O)CC1. The largest absolute Gasteiger partial charge is 0.491 e. The van der Waals surface area contributed by atoms with E-state index in [9.17, 15) is 14.0 Å². The van der Waals surface area contributed by atoms with Gasteiger partial charge in [-0.1, -0.05) is 13.8 Å². The van der Waals surface area contributed by atoms with Crippen LogP contribution in [0.4, 0.5) is 10.1 Å². The quantitative estimate of drug-likeness (QED) is 0.556. The normalized spacial score (nSPS) is 24.5. The van der Waals surface area contributed by atoms with E-state index >= 15 is 0 Å². The first-order chi connectivity index (χ1) is 15.5. The Morgan fingerprint density at radius 2 is 1.84 bits per heavy atom. The maximum absolute atomic E-state index is 13.9. The van der Waals surface area contributed by atoms with Crippen molar-refractivity contribution in [1.82, 2.24) is 15.1 Å². The number of rotatable bonds is 10. The molecule has 1 aromatic carbocycles. The van der Waals surface area contributed by atoms with Crippen molar-refractivity contribution >= 4 is 17.5 Å². The van der Waals surface area contributed by atoms with Gasteiger partial charge in [0.15, 0.2) is 0 Å². The number of likely N-dealkylation sites (tertiary alicyclic amines) is 1. The predicted octanol–water partition coefficient (Wildman–Crippen LogP) is 2.25. The average molecular weight is 447 g/mol. The molecular formula is C24H35FN4O3. The number of benzene rings is 1. The standard InChI is InChI=1S/C24H35FN4O3/c1-3-15-32-21-8-5-18(25)16-20(21)28-13-11-27(12-14-28)9-4-10-29-23(30)17(2)22(24(29)31)26-19-6-7-19/h5,8,16-17,19,22,26H,3-4,6-7,9-15H2,1-2H3. The highest BCUT2D eigenvalue weighted by molar-refractivity contribution is 6.06. The fraction of sp³-hybridized carbons (Fsp3) is 0.667. The van der Waals surface area contributed by atoms with Crippen molar-refractivity contribution in [1.29, 1.82) is 0 Å². The highest BCUT2D eigenvalue weighted by Crippen LogP contribution is 2.30. The lowest BCUT2D eigenvalue weighted by atomic mass is 10.1. The van der Waals surface area contributed by atoms with Crippen LogP contribution in [0.15, 0.2) is 18.2 Å². The Morgan fingerprint density at radius 3 is 2.53 bits per heavy atom. The molecule has 7 nitrogen and oxygen atoms in total. The predicted molar refractivity (Wildman–Crippen MR) is 121 cm³/mol. The minimum Gasteiger partial charge on any atom is -0.491 e. The van der Waals surface area contributed by atoms with E-state index in [-0.39, 0.29) is 29.6 Å². The van der Waals surface area contributed by atoms with Gasteiger partial charge in [0.05, 0.1) is 24.3 Å². The molecule has 1 N–H and O–H groups in total. The Labute approximate surface area is 189 Å². The van der Waals surface area contributed by atoms with E-state index in [2.05, 4.69) is 22.0 Å². The number of ether oxygens (including phenoxy) is 1. The van der Waals surface area contributed by atoms with E-state index in [1.54, 1.807) is 12.1 Å². The summed E-state index contributed by atoms with van der Waals surface area (Å²) >= 11 is 0. The lowest BCUT2D eigenvalue weighted by Gasteiger charge is -2.37. The molecule has 3 aliphatic rings. The van der Waals surface area contributed by atoms with E-state index in [0.29, 0.717) is 19.2 Å². The van der Waals surface area contributed by atoms with E-state index in [0.717, 1.165) is 69.8 Å². The zero-order valence-corrected chi connectivity index (χ0v) is 19.2. The number of imide groups is 1. The van der Waals surface area contributed by atoms with E-state index in [1.807, 2.05) is 6.92 Å². The Balaban J connectivity index is 1.24. The molecule has 2 atom stereocenters. The molecule has 0 bridgehead atoms. The fourth-order valence-electron chi connectivity index (χ4n) is 4.56. The Kier molecular flexibility index (Phi) is 7.30. The van der Waals surface area contributed by atoms with Crippen molar-refractivity contribution in [2.75, 3.05) is 50.8 Å². The van der Waals surface area contributed by atoms with Gasteiger partial charge >= 0.3 is 0 Å². The number of amides is 2. The lowest BCUT2D eigenvalue weighted by Crippen LogP contribution is -2.47. The monoisotopic (exact) mass is 446 g/mol. The molecule has 1 aliphatic carbocycles. The summed E-state index contributed by atoms with van der Waals surface area (Å²) in [6.45, 7) is 9.12. The first-order valence-corrected chi connectivity index (χ1v) is 12.0. The van der Waals surface area contributed by atoms with E-state index in [1.165, 1.54) is 11.0 Å². The molecule has 176 valence electrons. The van der Waals surface area contributed by atoms with Crippen molar-refractivity contribution < 1.29 is 18.7 Å². The zero-order chi connectivity index (χ0) is 22.7. The van der Waals surface area contributed by atoms with Gasteiger partial charge in [-0.2, -0.15) is 0 Å². The molecule has 4 rings (SSSR count). The number of carbonyl (C=O) groups is 2.